The van der Waals surface area contributed by atoms with E-state index < -0.39 is 0 Å². The maximum atomic E-state index is 12.6. The summed E-state index contributed by atoms with van der Waals surface area (Å²) in [7, 11) is 3.08. The zero-order chi connectivity index (χ0) is 14.7. The summed E-state index contributed by atoms with van der Waals surface area (Å²) in [5.41, 5.74) is 7.15. The summed E-state index contributed by atoms with van der Waals surface area (Å²) in [6, 6.07) is 10.3. The highest BCUT2D eigenvalue weighted by atomic mass is 79.9. The van der Waals surface area contributed by atoms with Gasteiger partial charge in [0.2, 0.25) is 0 Å². The van der Waals surface area contributed by atoms with Gasteiger partial charge in [-0.05, 0) is 46.3 Å². The fourth-order valence-corrected chi connectivity index (χ4v) is 2.44. The van der Waals surface area contributed by atoms with Crippen LogP contribution in [-0.4, -0.2) is 20.0 Å². The van der Waals surface area contributed by atoms with Gasteiger partial charge >= 0.3 is 0 Å². The van der Waals surface area contributed by atoms with Crippen molar-refractivity contribution in [3.05, 3.63) is 52.0 Å². The molecule has 0 amide bonds. The van der Waals surface area contributed by atoms with Crippen LogP contribution in [0.3, 0.4) is 0 Å². The van der Waals surface area contributed by atoms with Crippen molar-refractivity contribution in [2.75, 3.05) is 20.0 Å². The van der Waals surface area contributed by atoms with Crippen molar-refractivity contribution in [2.45, 2.75) is 0 Å². The molecule has 2 aromatic rings. The Kier molecular flexibility index (Phi) is 4.29. The predicted molar refractivity (Wildman–Crippen MR) is 81.5 cm³/mol. The number of halogens is 1. The molecule has 4 nitrogen and oxygen atoms in total. The van der Waals surface area contributed by atoms with Crippen molar-refractivity contribution in [3.8, 4) is 11.5 Å². The van der Waals surface area contributed by atoms with E-state index in [1.54, 1.807) is 43.5 Å². The van der Waals surface area contributed by atoms with Crippen molar-refractivity contribution in [1.82, 2.24) is 0 Å². The Morgan fingerprint density at radius 1 is 1.15 bits per heavy atom. The SMILES string of the molecule is COc1ccc(C(=O)c2c(N)cccc2OC)c(Br)c1. The zero-order valence-corrected chi connectivity index (χ0v) is 12.7. The van der Waals surface area contributed by atoms with Crippen molar-refractivity contribution in [3.63, 3.8) is 0 Å². The molecule has 0 heterocycles. The average Bonchev–Trinajstić information content (AvgIpc) is 2.46. The topological polar surface area (TPSA) is 61.5 Å². The Hall–Kier alpha value is -2.01. The van der Waals surface area contributed by atoms with Crippen LogP contribution >= 0.6 is 15.9 Å². The quantitative estimate of drug-likeness (QED) is 0.688. The van der Waals surface area contributed by atoms with Gasteiger partial charge in [0.15, 0.2) is 5.78 Å². The lowest BCUT2D eigenvalue weighted by Crippen LogP contribution is -2.08. The first kappa shape index (κ1) is 14.4. The highest BCUT2D eigenvalue weighted by Crippen LogP contribution is 2.31. The molecule has 20 heavy (non-hydrogen) atoms. The molecule has 0 aliphatic rings. The highest BCUT2D eigenvalue weighted by molar-refractivity contribution is 9.10. The lowest BCUT2D eigenvalue weighted by Gasteiger charge is -2.11. The number of hydrogen-bond donors (Lipinski definition) is 1. The number of nitrogen functional groups attached to an aromatic ring is 1. The van der Waals surface area contributed by atoms with Crippen LogP contribution in [0.1, 0.15) is 15.9 Å². The largest absolute Gasteiger partial charge is 0.497 e. The van der Waals surface area contributed by atoms with Gasteiger partial charge < -0.3 is 15.2 Å². The van der Waals surface area contributed by atoms with E-state index in [0.717, 1.165) is 0 Å². The second kappa shape index (κ2) is 5.96. The highest BCUT2D eigenvalue weighted by Gasteiger charge is 2.20. The Bertz CT molecular complexity index is 656. The molecule has 0 fully saturated rings. The molecule has 2 rings (SSSR count). The molecule has 0 aliphatic carbocycles. The monoisotopic (exact) mass is 335 g/mol. The van der Waals surface area contributed by atoms with Crippen molar-refractivity contribution in [2.24, 2.45) is 0 Å². The van der Waals surface area contributed by atoms with E-state index in [1.165, 1.54) is 7.11 Å². The second-order valence-corrected chi connectivity index (χ2v) is 4.95. The van der Waals surface area contributed by atoms with Crippen LogP contribution in [-0.2, 0) is 0 Å². The Labute approximate surface area is 125 Å². The van der Waals surface area contributed by atoms with E-state index in [1.807, 2.05) is 0 Å². The normalized spacial score (nSPS) is 10.2. The van der Waals surface area contributed by atoms with Gasteiger partial charge in [-0.2, -0.15) is 0 Å². The number of carbonyl (C=O) groups is 1. The fourth-order valence-electron chi connectivity index (χ4n) is 1.90. The van der Waals surface area contributed by atoms with Crippen LogP contribution in [0.2, 0.25) is 0 Å². The number of ketones is 1. The Morgan fingerprint density at radius 3 is 2.50 bits per heavy atom. The number of hydrogen-bond acceptors (Lipinski definition) is 4. The zero-order valence-electron chi connectivity index (χ0n) is 11.1. The summed E-state index contributed by atoms with van der Waals surface area (Å²) >= 11 is 3.37. The van der Waals surface area contributed by atoms with Crippen molar-refractivity contribution >= 4 is 27.4 Å². The summed E-state index contributed by atoms with van der Waals surface area (Å²) < 4.78 is 11.0. The number of nitrogens with two attached hydrogens (primary N) is 1. The molecular formula is C15H14BrNO3. The Morgan fingerprint density at radius 2 is 1.90 bits per heavy atom. The van der Waals surface area contributed by atoms with Gasteiger partial charge in [-0.1, -0.05) is 6.07 Å². The predicted octanol–water partition coefficient (Wildman–Crippen LogP) is 3.28. The lowest BCUT2D eigenvalue weighted by atomic mass is 10.0. The summed E-state index contributed by atoms with van der Waals surface area (Å²) in [6.07, 6.45) is 0. The third-order valence-corrected chi connectivity index (χ3v) is 3.58. The average molecular weight is 336 g/mol. The van der Waals surface area contributed by atoms with Crippen molar-refractivity contribution < 1.29 is 14.3 Å². The van der Waals surface area contributed by atoms with Gasteiger partial charge in [0, 0.05) is 15.7 Å². The van der Waals surface area contributed by atoms with E-state index >= 15 is 0 Å². The molecule has 5 heteroatoms. The molecular weight excluding hydrogens is 322 g/mol. The minimum atomic E-state index is -0.200. The summed E-state index contributed by atoms with van der Waals surface area (Å²) in [5, 5.41) is 0. The van der Waals surface area contributed by atoms with Gasteiger partial charge in [-0.15, -0.1) is 0 Å². The number of ether oxygens (including phenoxy) is 2. The third kappa shape index (κ3) is 2.63. The minimum absolute atomic E-state index is 0.200. The fraction of sp³-hybridized carbons (Fsp3) is 0.133. The van der Waals surface area contributed by atoms with Gasteiger partial charge in [0.1, 0.15) is 11.5 Å². The first-order valence-corrected chi connectivity index (χ1v) is 6.68. The van der Waals surface area contributed by atoms with Crippen LogP contribution < -0.4 is 15.2 Å². The van der Waals surface area contributed by atoms with Crippen LogP contribution in [0.25, 0.3) is 0 Å². The Balaban J connectivity index is 2.52. The third-order valence-electron chi connectivity index (χ3n) is 2.93. The number of carbonyl (C=O) groups excluding carboxylic acids is 1. The maximum absolute atomic E-state index is 12.6. The van der Waals surface area contributed by atoms with Gasteiger partial charge in [-0.3, -0.25) is 4.79 Å². The molecule has 2 aromatic carbocycles. The van der Waals surface area contributed by atoms with Gasteiger partial charge in [-0.25, -0.2) is 0 Å². The van der Waals surface area contributed by atoms with E-state index in [-0.39, 0.29) is 5.78 Å². The number of methoxy groups -OCH3 is 2. The van der Waals surface area contributed by atoms with E-state index in [2.05, 4.69) is 15.9 Å². The summed E-state index contributed by atoms with van der Waals surface area (Å²) in [5.74, 6) is 0.925. The summed E-state index contributed by atoms with van der Waals surface area (Å²) in [4.78, 5) is 12.6. The van der Waals surface area contributed by atoms with Crippen LogP contribution in [0, 0.1) is 0 Å². The van der Waals surface area contributed by atoms with Crippen LogP contribution in [0.15, 0.2) is 40.9 Å². The molecule has 0 radical (unpaired) electrons. The first-order chi connectivity index (χ1) is 9.58. The second-order valence-electron chi connectivity index (χ2n) is 4.10. The number of anilines is 1. The maximum Gasteiger partial charge on any atom is 0.199 e. The van der Waals surface area contributed by atoms with E-state index in [9.17, 15) is 4.79 Å². The smallest absolute Gasteiger partial charge is 0.199 e. The van der Waals surface area contributed by atoms with Crippen LogP contribution in [0.4, 0.5) is 5.69 Å². The standard InChI is InChI=1S/C15H14BrNO3/c1-19-9-6-7-10(11(16)8-9)15(18)14-12(17)4-3-5-13(14)20-2/h3-8H,17H2,1-2H3. The molecule has 0 saturated carbocycles. The summed E-state index contributed by atoms with van der Waals surface area (Å²) in [6.45, 7) is 0. The molecule has 0 aromatic heterocycles. The van der Waals surface area contributed by atoms with Crippen LogP contribution in [0.5, 0.6) is 11.5 Å². The van der Waals surface area contributed by atoms with E-state index in [4.69, 9.17) is 15.2 Å². The lowest BCUT2D eigenvalue weighted by molar-refractivity contribution is 0.103. The minimum Gasteiger partial charge on any atom is -0.497 e. The first-order valence-electron chi connectivity index (χ1n) is 5.89. The molecule has 2 N–H and O–H groups in total. The molecule has 0 unspecified atom stereocenters. The molecule has 0 atom stereocenters. The van der Waals surface area contributed by atoms with Gasteiger partial charge in [0.25, 0.3) is 0 Å². The molecule has 0 spiro atoms. The van der Waals surface area contributed by atoms with Crippen molar-refractivity contribution in [1.29, 1.82) is 0 Å². The number of benzene rings is 2. The molecule has 0 aliphatic heterocycles. The molecule has 104 valence electrons. The molecule has 0 bridgehead atoms. The van der Waals surface area contributed by atoms with Gasteiger partial charge in [0.05, 0.1) is 19.8 Å². The number of rotatable bonds is 4. The molecule has 0 saturated heterocycles. The van der Waals surface area contributed by atoms with E-state index in [0.29, 0.717) is 32.8 Å².